The van der Waals surface area contributed by atoms with Gasteiger partial charge in [-0.3, -0.25) is 0 Å². The number of alkyl carbamates (subject to hydrolysis) is 1. The zero-order chi connectivity index (χ0) is 17.7. The molecule has 0 aliphatic rings. The average Bonchev–Trinajstić information content (AvgIpc) is 2.45. The lowest BCUT2D eigenvalue weighted by molar-refractivity contribution is 0.0461. The van der Waals surface area contributed by atoms with Crippen molar-refractivity contribution in [3.63, 3.8) is 0 Å². The predicted molar refractivity (Wildman–Crippen MR) is 89.2 cm³/mol. The van der Waals surface area contributed by atoms with Gasteiger partial charge in [0.15, 0.2) is 0 Å². The molecule has 2 N–H and O–H groups in total. The van der Waals surface area contributed by atoms with Crippen LogP contribution in [0.4, 0.5) is 9.18 Å². The van der Waals surface area contributed by atoms with Gasteiger partial charge in [-0.05, 0) is 57.4 Å². The summed E-state index contributed by atoms with van der Waals surface area (Å²) in [6, 6.07) is 4.14. The smallest absolute Gasteiger partial charge is 0.407 e. The molecule has 1 atom stereocenters. The number of rotatable bonds is 6. The normalized spacial score (nSPS) is 14.2. The molecule has 1 aromatic carbocycles. The Morgan fingerprint density at radius 1 is 1.39 bits per heavy atom. The lowest BCUT2D eigenvalue weighted by atomic mass is 9.79. The third-order valence-corrected chi connectivity index (χ3v) is 4.03. The summed E-state index contributed by atoms with van der Waals surface area (Å²) in [5, 5.41) is 12.9. The van der Waals surface area contributed by atoms with Gasteiger partial charge in [0.2, 0.25) is 0 Å². The lowest BCUT2D eigenvalue weighted by Crippen LogP contribution is -2.43. The van der Waals surface area contributed by atoms with Gasteiger partial charge in [0.25, 0.3) is 0 Å². The van der Waals surface area contributed by atoms with E-state index in [1.807, 2.05) is 6.92 Å². The molecular formula is C17H25ClFNO3. The predicted octanol–water partition coefficient (Wildman–Crippen LogP) is 3.94. The minimum atomic E-state index is -0.631. The zero-order valence-electron chi connectivity index (χ0n) is 14.1. The van der Waals surface area contributed by atoms with Crippen LogP contribution in [0, 0.1) is 11.2 Å². The fraction of sp³-hybridized carbons (Fsp3) is 0.588. The summed E-state index contributed by atoms with van der Waals surface area (Å²) in [4.78, 5) is 11.8. The summed E-state index contributed by atoms with van der Waals surface area (Å²) in [7, 11) is 0. The van der Waals surface area contributed by atoms with Gasteiger partial charge in [0.1, 0.15) is 11.4 Å². The van der Waals surface area contributed by atoms with E-state index in [-0.39, 0.29) is 19.0 Å². The number of benzene rings is 1. The van der Waals surface area contributed by atoms with Crippen molar-refractivity contribution in [3.05, 3.63) is 34.6 Å². The molecule has 1 amide bonds. The van der Waals surface area contributed by atoms with Crippen molar-refractivity contribution in [2.24, 2.45) is 5.41 Å². The Hall–Kier alpha value is -1.33. The molecule has 0 heterocycles. The summed E-state index contributed by atoms with van der Waals surface area (Å²) < 4.78 is 18.6. The van der Waals surface area contributed by atoms with E-state index in [2.05, 4.69) is 5.32 Å². The van der Waals surface area contributed by atoms with Crippen LogP contribution < -0.4 is 5.32 Å². The molecule has 1 unspecified atom stereocenters. The molecule has 0 saturated heterocycles. The molecule has 0 spiro atoms. The molecule has 1 aromatic rings. The van der Waals surface area contributed by atoms with E-state index in [1.54, 1.807) is 20.8 Å². The van der Waals surface area contributed by atoms with Crippen LogP contribution >= 0.6 is 11.6 Å². The Kier molecular flexibility index (Phi) is 6.84. The highest BCUT2D eigenvalue weighted by Crippen LogP contribution is 2.30. The van der Waals surface area contributed by atoms with Crippen LogP contribution in [-0.4, -0.2) is 30.0 Å². The fourth-order valence-electron chi connectivity index (χ4n) is 2.19. The number of hydrogen-bond acceptors (Lipinski definition) is 3. The van der Waals surface area contributed by atoms with E-state index in [9.17, 15) is 14.3 Å². The van der Waals surface area contributed by atoms with Gasteiger partial charge in [0.05, 0.1) is 6.61 Å². The Morgan fingerprint density at radius 2 is 2.04 bits per heavy atom. The molecule has 6 heteroatoms. The number of aliphatic hydroxyl groups is 1. The molecular weight excluding hydrogens is 321 g/mol. The average molecular weight is 346 g/mol. The van der Waals surface area contributed by atoms with Crippen molar-refractivity contribution in [3.8, 4) is 0 Å². The summed E-state index contributed by atoms with van der Waals surface area (Å²) in [5.41, 5.74) is -0.619. The number of halogens is 2. The maximum Gasteiger partial charge on any atom is 0.407 e. The first-order chi connectivity index (χ1) is 10.6. The summed E-state index contributed by atoms with van der Waals surface area (Å²) in [6.45, 7) is 7.28. The molecule has 1 rings (SSSR count). The van der Waals surface area contributed by atoms with Crippen LogP contribution in [0.1, 0.15) is 39.7 Å². The highest BCUT2D eigenvalue weighted by molar-refractivity contribution is 6.31. The van der Waals surface area contributed by atoms with Gasteiger partial charge >= 0.3 is 6.09 Å². The third-order valence-electron chi connectivity index (χ3n) is 3.67. The molecule has 0 saturated carbocycles. The first-order valence-corrected chi connectivity index (χ1v) is 8.00. The first-order valence-electron chi connectivity index (χ1n) is 7.62. The molecule has 0 aliphatic carbocycles. The number of carbonyl (C=O) groups excluding carboxylic acids is 1. The third kappa shape index (κ3) is 6.36. The molecule has 23 heavy (non-hydrogen) atoms. The van der Waals surface area contributed by atoms with Crippen LogP contribution in [0.25, 0.3) is 0 Å². The van der Waals surface area contributed by atoms with E-state index in [4.69, 9.17) is 16.3 Å². The molecule has 0 radical (unpaired) electrons. The monoisotopic (exact) mass is 345 g/mol. The van der Waals surface area contributed by atoms with Crippen LogP contribution in [-0.2, 0) is 11.2 Å². The van der Waals surface area contributed by atoms with Crippen molar-refractivity contribution in [1.29, 1.82) is 0 Å². The summed E-state index contributed by atoms with van der Waals surface area (Å²) >= 11 is 6.11. The number of amides is 1. The Bertz CT molecular complexity index is 539. The standard InChI is InChI=1S/C17H25ClFNO3/c1-5-17(11-21,10-20-15(22)23-16(2,3)4)9-12-8-13(19)6-7-14(12)18/h6-8,21H,5,9-11H2,1-4H3,(H,20,22). The van der Waals surface area contributed by atoms with Gasteiger partial charge in [0, 0.05) is 17.0 Å². The number of ether oxygens (including phenoxy) is 1. The Balaban J connectivity index is 2.82. The maximum absolute atomic E-state index is 13.4. The van der Waals surface area contributed by atoms with Crippen LogP contribution in [0.15, 0.2) is 18.2 Å². The number of carbonyl (C=O) groups is 1. The molecule has 0 aliphatic heterocycles. The zero-order valence-corrected chi connectivity index (χ0v) is 14.8. The quantitative estimate of drug-likeness (QED) is 0.821. The van der Waals surface area contributed by atoms with Crippen LogP contribution in [0.5, 0.6) is 0 Å². The topological polar surface area (TPSA) is 58.6 Å². The first kappa shape index (κ1) is 19.7. The van der Waals surface area contributed by atoms with E-state index in [1.165, 1.54) is 18.2 Å². The number of hydrogen-bond donors (Lipinski definition) is 2. The second-order valence-corrected chi connectivity index (χ2v) is 7.19. The molecule has 130 valence electrons. The van der Waals surface area contributed by atoms with Crippen molar-refractivity contribution in [2.45, 2.75) is 46.1 Å². The van der Waals surface area contributed by atoms with Gasteiger partial charge in [-0.1, -0.05) is 18.5 Å². The van der Waals surface area contributed by atoms with E-state index in [0.29, 0.717) is 23.4 Å². The van der Waals surface area contributed by atoms with Crippen molar-refractivity contribution in [1.82, 2.24) is 5.32 Å². The van der Waals surface area contributed by atoms with Gasteiger partial charge in [-0.15, -0.1) is 0 Å². The minimum Gasteiger partial charge on any atom is -0.444 e. The highest BCUT2D eigenvalue weighted by Gasteiger charge is 2.30. The largest absolute Gasteiger partial charge is 0.444 e. The van der Waals surface area contributed by atoms with Crippen molar-refractivity contribution >= 4 is 17.7 Å². The van der Waals surface area contributed by atoms with Crippen LogP contribution in [0.2, 0.25) is 5.02 Å². The van der Waals surface area contributed by atoms with E-state index >= 15 is 0 Å². The highest BCUT2D eigenvalue weighted by atomic mass is 35.5. The summed E-state index contributed by atoms with van der Waals surface area (Å²) in [5.74, 6) is -0.382. The SMILES string of the molecule is CCC(CO)(CNC(=O)OC(C)(C)C)Cc1cc(F)ccc1Cl. The van der Waals surface area contributed by atoms with Gasteiger partial charge in [-0.2, -0.15) is 0 Å². The van der Waals surface area contributed by atoms with Crippen LogP contribution in [0.3, 0.4) is 0 Å². The summed E-state index contributed by atoms with van der Waals surface area (Å²) in [6.07, 6.45) is 0.396. The van der Waals surface area contributed by atoms with Crippen molar-refractivity contribution in [2.75, 3.05) is 13.2 Å². The van der Waals surface area contributed by atoms with Gasteiger partial charge < -0.3 is 15.2 Å². The minimum absolute atomic E-state index is 0.161. The molecule has 0 aromatic heterocycles. The fourth-order valence-corrected chi connectivity index (χ4v) is 2.38. The number of aliphatic hydroxyl groups excluding tert-OH is 1. The lowest BCUT2D eigenvalue weighted by Gasteiger charge is -2.32. The second kappa shape index (κ2) is 7.97. The number of nitrogens with one attached hydrogen (secondary N) is 1. The van der Waals surface area contributed by atoms with Gasteiger partial charge in [-0.25, -0.2) is 9.18 Å². The molecule has 0 bridgehead atoms. The van der Waals surface area contributed by atoms with E-state index in [0.717, 1.165) is 0 Å². The Morgan fingerprint density at radius 3 is 2.57 bits per heavy atom. The Labute approximate surface area is 142 Å². The van der Waals surface area contributed by atoms with E-state index < -0.39 is 17.1 Å². The molecule has 0 fully saturated rings. The van der Waals surface area contributed by atoms with Crippen molar-refractivity contribution < 1.29 is 19.0 Å². The second-order valence-electron chi connectivity index (χ2n) is 6.78. The molecule has 4 nitrogen and oxygen atoms in total. The maximum atomic E-state index is 13.4.